The molecule has 1 aliphatic rings. The highest BCUT2D eigenvalue weighted by Crippen LogP contribution is 2.32. The second-order valence-corrected chi connectivity index (χ2v) is 5.21. The molecule has 0 saturated carbocycles. The third kappa shape index (κ3) is 2.73. The van der Waals surface area contributed by atoms with Gasteiger partial charge in [-0.15, -0.1) is 0 Å². The molecule has 6 nitrogen and oxygen atoms in total. The molecule has 102 valence electrons. The lowest BCUT2D eigenvalue weighted by Gasteiger charge is -2.19. The van der Waals surface area contributed by atoms with Gasteiger partial charge in [0.25, 0.3) is 5.69 Å². The predicted octanol–water partition coefficient (Wildman–Crippen LogP) is 1.89. The van der Waals surface area contributed by atoms with E-state index in [0.29, 0.717) is 31.6 Å². The molecular weight excluding hydrogens is 248 g/mol. The van der Waals surface area contributed by atoms with Gasteiger partial charge in [-0.2, -0.15) is 0 Å². The number of rotatable bonds is 4. The number of aliphatic carboxylic acids is 1. The van der Waals surface area contributed by atoms with Gasteiger partial charge in [0, 0.05) is 24.7 Å². The van der Waals surface area contributed by atoms with E-state index in [9.17, 15) is 14.9 Å². The summed E-state index contributed by atoms with van der Waals surface area (Å²) in [5, 5.41) is 20.1. The molecule has 0 aromatic heterocycles. The van der Waals surface area contributed by atoms with Crippen molar-refractivity contribution in [2.45, 2.75) is 19.9 Å². The second kappa shape index (κ2) is 4.97. The first-order valence-electron chi connectivity index (χ1n) is 6.10. The van der Waals surface area contributed by atoms with Crippen LogP contribution >= 0.6 is 0 Å². The molecule has 1 fully saturated rings. The first kappa shape index (κ1) is 13.5. The van der Waals surface area contributed by atoms with Crippen LogP contribution in [0, 0.1) is 15.5 Å². The SMILES string of the molecule is CC1(C(=O)O)CCN(Cc2ccccc2[N+](=O)[O-])C1. The van der Waals surface area contributed by atoms with Crippen LogP contribution in [0.1, 0.15) is 18.9 Å². The van der Waals surface area contributed by atoms with E-state index in [1.807, 2.05) is 4.90 Å². The van der Waals surface area contributed by atoms with E-state index in [0.717, 1.165) is 0 Å². The topological polar surface area (TPSA) is 83.7 Å². The Morgan fingerprint density at radius 1 is 1.53 bits per heavy atom. The fourth-order valence-electron chi connectivity index (χ4n) is 2.43. The average molecular weight is 264 g/mol. The smallest absolute Gasteiger partial charge is 0.310 e. The summed E-state index contributed by atoms with van der Waals surface area (Å²) in [5.41, 5.74) is -0.0302. The van der Waals surface area contributed by atoms with E-state index in [1.54, 1.807) is 25.1 Å². The van der Waals surface area contributed by atoms with Crippen molar-refractivity contribution < 1.29 is 14.8 Å². The Hall–Kier alpha value is -1.95. The molecule has 1 aromatic rings. The maximum absolute atomic E-state index is 11.2. The minimum Gasteiger partial charge on any atom is -0.481 e. The Morgan fingerprint density at radius 3 is 2.79 bits per heavy atom. The molecule has 1 atom stereocenters. The Balaban J connectivity index is 2.12. The largest absolute Gasteiger partial charge is 0.481 e. The van der Waals surface area contributed by atoms with Crippen molar-refractivity contribution in [3.8, 4) is 0 Å². The van der Waals surface area contributed by atoms with Gasteiger partial charge in [-0.25, -0.2) is 0 Å². The van der Waals surface area contributed by atoms with Gasteiger partial charge in [0.1, 0.15) is 0 Å². The molecule has 0 aliphatic carbocycles. The van der Waals surface area contributed by atoms with Crippen molar-refractivity contribution in [2.75, 3.05) is 13.1 Å². The number of carboxylic acid groups (broad SMARTS) is 1. The molecular formula is C13H16N2O4. The Bertz CT molecular complexity index is 517. The van der Waals surface area contributed by atoms with Crippen LogP contribution in [0.3, 0.4) is 0 Å². The number of benzene rings is 1. The van der Waals surface area contributed by atoms with Crippen molar-refractivity contribution in [3.05, 3.63) is 39.9 Å². The lowest BCUT2D eigenvalue weighted by atomic mass is 9.90. The molecule has 1 N–H and O–H groups in total. The van der Waals surface area contributed by atoms with Crippen LogP contribution in [0.25, 0.3) is 0 Å². The van der Waals surface area contributed by atoms with Crippen LogP contribution in [0.15, 0.2) is 24.3 Å². The molecule has 1 heterocycles. The summed E-state index contributed by atoms with van der Waals surface area (Å²) in [6.07, 6.45) is 0.572. The van der Waals surface area contributed by atoms with Gasteiger partial charge >= 0.3 is 5.97 Å². The summed E-state index contributed by atoms with van der Waals surface area (Å²) in [6.45, 7) is 3.21. The van der Waals surface area contributed by atoms with Gasteiger partial charge in [-0.1, -0.05) is 18.2 Å². The summed E-state index contributed by atoms with van der Waals surface area (Å²) >= 11 is 0. The molecule has 1 saturated heterocycles. The van der Waals surface area contributed by atoms with Crippen molar-refractivity contribution in [3.63, 3.8) is 0 Å². The number of hydrogen-bond donors (Lipinski definition) is 1. The molecule has 6 heteroatoms. The number of nitrogens with zero attached hydrogens (tertiary/aromatic N) is 2. The minimum atomic E-state index is -0.808. The molecule has 2 rings (SSSR count). The maximum atomic E-state index is 11.2. The lowest BCUT2D eigenvalue weighted by molar-refractivity contribution is -0.385. The van der Waals surface area contributed by atoms with Crippen LogP contribution in [-0.4, -0.2) is 34.0 Å². The number of para-hydroxylation sites is 1. The minimum absolute atomic E-state index is 0.0893. The zero-order chi connectivity index (χ0) is 14.0. The summed E-state index contributed by atoms with van der Waals surface area (Å²) in [5.74, 6) is -0.808. The van der Waals surface area contributed by atoms with Crippen LogP contribution in [0.5, 0.6) is 0 Å². The van der Waals surface area contributed by atoms with Gasteiger partial charge < -0.3 is 5.11 Å². The van der Waals surface area contributed by atoms with Crippen LogP contribution in [0.4, 0.5) is 5.69 Å². The second-order valence-electron chi connectivity index (χ2n) is 5.21. The number of hydrogen-bond acceptors (Lipinski definition) is 4. The van der Waals surface area contributed by atoms with E-state index >= 15 is 0 Å². The number of nitro groups is 1. The fourth-order valence-corrected chi connectivity index (χ4v) is 2.43. The van der Waals surface area contributed by atoms with Gasteiger partial charge in [0.15, 0.2) is 0 Å². The maximum Gasteiger partial charge on any atom is 0.310 e. The summed E-state index contributed by atoms with van der Waals surface area (Å²) < 4.78 is 0. The predicted molar refractivity (Wildman–Crippen MR) is 68.7 cm³/mol. The lowest BCUT2D eigenvalue weighted by Crippen LogP contribution is -2.31. The zero-order valence-corrected chi connectivity index (χ0v) is 10.7. The monoisotopic (exact) mass is 264 g/mol. The molecule has 1 aromatic carbocycles. The molecule has 0 radical (unpaired) electrons. The van der Waals surface area contributed by atoms with Crippen molar-refractivity contribution >= 4 is 11.7 Å². The highest BCUT2D eigenvalue weighted by molar-refractivity contribution is 5.74. The normalized spacial score (nSPS) is 23.4. The van der Waals surface area contributed by atoms with E-state index in [1.165, 1.54) is 6.07 Å². The third-order valence-electron chi connectivity index (χ3n) is 3.65. The number of carboxylic acids is 1. The van der Waals surface area contributed by atoms with E-state index in [-0.39, 0.29) is 5.69 Å². The van der Waals surface area contributed by atoms with Crippen LogP contribution in [-0.2, 0) is 11.3 Å². The van der Waals surface area contributed by atoms with Gasteiger partial charge in [0.2, 0.25) is 0 Å². The number of nitro benzene ring substituents is 1. The van der Waals surface area contributed by atoms with Crippen molar-refractivity contribution in [1.82, 2.24) is 4.90 Å². The molecule has 0 spiro atoms. The van der Waals surface area contributed by atoms with Crippen LogP contribution in [0.2, 0.25) is 0 Å². The number of likely N-dealkylation sites (tertiary alicyclic amines) is 1. The Labute approximate surface area is 110 Å². The van der Waals surface area contributed by atoms with Gasteiger partial charge in [0.05, 0.1) is 10.3 Å². The highest BCUT2D eigenvalue weighted by atomic mass is 16.6. The Morgan fingerprint density at radius 2 is 2.21 bits per heavy atom. The summed E-state index contributed by atoms with van der Waals surface area (Å²) in [6, 6.07) is 6.58. The molecule has 0 bridgehead atoms. The number of carbonyl (C=O) groups is 1. The Kier molecular flexibility index (Phi) is 3.53. The van der Waals surface area contributed by atoms with Gasteiger partial charge in [-0.3, -0.25) is 19.8 Å². The van der Waals surface area contributed by atoms with E-state index in [4.69, 9.17) is 5.11 Å². The molecule has 1 aliphatic heterocycles. The van der Waals surface area contributed by atoms with Crippen LogP contribution < -0.4 is 0 Å². The third-order valence-corrected chi connectivity index (χ3v) is 3.65. The zero-order valence-electron chi connectivity index (χ0n) is 10.7. The standard InChI is InChI=1S/C13H16N2O4/c1-13(12(16)17)6-7-14(9-13)8-10-4-2-3-5-11(10)15(18)19/h2-5H,6-9H2,1H3,(H,16,17). The highest BCUT2D eigenvalue weighted by Gasteiger charge is 2.40. The fraction of sp³-hybridized carbons (Fsp3) is 0.462. The van der Waals surface area contributed by atoms with E-state index in [2.05, 4.69) is 0 Å². The molecule has 19 heavy (non-hydrogen) atoms. The average Bonchev–Trinajstić information content (AvgIpc) is 2.73. The quantitative estimate of drug-likeness (QED) is 0.663. The first-order valence-corrected chi connectivity index (χ1v) is 6.10. The van der Waals surface area contributed by atoms with Crippen molar-refractivity contribution in [1.29, 1.82) is 0 Å². The van der Waals surface area contributed by atoms with Crippen molar-refractivity contribution in [2.24, 2.45) is 5.41 Å². The van der Waals surface area contributed by atoms with E-state index < -0.39 is 16.3 Å². The summed E-state index contributed by atoms with van der Waals surface area (Å²) in [4.78, 5) is 23.6. The summed E-state index contributed by atoms with van der Waals surface area (Å²) in [7, 11) is 0. The first-order chi connectivity index (χ1) is 8.92. The van der Waals surface area contributed by atoms with Gasteiger partial charge in [-0.05, 0) is 19.9 Å². The molecule has 1 unspecified atom stereocenters. The molecule has 0 amide bonds.